The van der Waals surface area contributed by atoms with Crippen LogP contribution in [0.1, 0.15) is 13.8 Å². The lowest BCUT2D eigenvalue weighted by Gasteiger charge is -2.03. The molecule has 0 saturated heterocycles. The second-order valence-electron chi connectivity index (χ2n) is 2.04. The van der Waals surface area contributed by atoms with Crippen molar-refractivity contribution in [2.24, 2.45) is 0 Å². The first-order valence-corrected chi connectivity index (χ1v) is 4.28. The van der Waals surface area contributed by atoms with Crippen molar-refractivity contribution in [2.75, 3.05) is 0 Å². The molecule has 0 rings (SSSR count). The Morgan fingerprint density at radius 2 is 1.88 bits per heavy atom. The highest BCUT2D eigenvalue weighted by molar-refractivity contribution is 8.10. The van der Waals surface area contributed by atoms with Crippen LogP contribution in [0.15, 0.2) is 0 Å². The molecule has 5 heteroatoms. The number of nitrogens with one attached hydrogen (secondary N) is 1. The molecule has 0 aromatic heterocycles. The van der Waals surface area contributed by atoms with E-state index in [1.54, 1.807) is 13.8 Å². The summed E-state index contributed by atoms with van der Waals surface area (Å²) in [6.45, 7) is 3.56. The molecule has 0 aliphatic carbocycles. The Bertz CT molecular complexity index is 151. The molecule has 0 aromatic carbocycles. The van der Waals surface area contributed by atoms with E-state index in [9.17, 15) is 8.42 Å². The molecule has 0 aliphatic rings. The van der Waals surface area contributed by atoms with E-state index in [1.807, 2.05) is 0 Å². The molecule has 0 bridgehead atoms. The van der Waals surface area contributed by atoms with Crippen molar-refractivity contribution in [1.29, 1.82) is 0 Å². The third-order valence-corrected chi connectivity index (χ3v) is 1.35. The predicted octanol–water partition coefficient (Wildman–Crippen LogP) is -1.14. The van der Waals surface area contributed by atoms with E-state index in [-0.39, 0.29) is 6.04 Å². The minimum atomic E-state index is -2.97. The van der Waals surface area contributed by atoms with E-state index < -0.39 is 9.87 Å². The van der Waals surface area contributed by atoms with Gasteiger partial charge in [-0.15, -0.1) is 0 Å². The minimum absolute atomic E-state index is 0.00463. The highest BCUT2D eigenvalue weighted by Gasteiger charge is 2.00. The van der Waals surface area contributed by atoms with E-state index in [0.29, 0.717) is 0 Å². The van der Waals surface area contributed by atoms with Gasteiger partial charge in [-0.25, -0.2) is 13.1 Å². The van der Waals surface area contributed by atoms with Crippen LogP contribution in [0.4, 0.5) is 0 Å². The van der Waals surface area contributed by atoms with Crippen LogP contribution in [0.3, 0.4) is 0 Å². The Kier molecular flexibility index (Phi) is 2.49. The zero-order chi connectivity index (χ0) is 6.78. The fourth-order valence-electron chi connectivity index (χ4n) is 0.428. The summed E-state index contributed by atoms with van der Waals surface area (Å²) in [5.41, 5.74) is 0. The maximum absolute atomic E-state index is 10.3. The maximum atomic E-state index is 10.3. The Balaban J connectivity index is 3.75. The van der Waals surface area contributed by atoms with Crippen molar-refractivity contribution in [3.8, 4) is 0 Å². The Hall–Kier alpha value is -0.0251. The molecule has 0 radical (unpaired) electrons. The van der Waals surface area contributed by atoms with Gasteiger partial charge in [-0.3, -0.25) is 0 Å². The number of hydrogen-bond donors (Lipinski definition) is 1. The highest BCUT2D eigenvalue weighted by atomic mass is 32.2. The molecule has 0 atom stereocenters. The fraction of sp³-hybridized carbons (Fsp3) is 1.00. The summed E-state index contributed by atoms with van der Waals surface area (Å²) < 4.78 is 23.0. The van der Waals surface area contributed by atoms with E-state index in [1.165, 1.54) is 0 Å². The first-order valence-electron chi connectivity index (χ1n) is 2.39. The zero-order valence-corrected chi connectivity index (χ0v) is 6.12. The molecule has 1 N–H and O–H groups in total. The second-order valence-corrected chi connectivity index (χ2v) is 3.82. The van der Waals surface area contributed by atoms with E-state index in [0.717, 1.165) is 7.12 Å². The molecule has 8 heavy (non-hydrogen) atoms. The van der Waals surface area contributed by atoms with Gasteiger partial charge in [-0.1, -0.05) is 0 Å². The second kappa shape index (κ2) is 2.50. The Labute approximate surface area is 50.8 Å². The molecule has 0 amide bonds. The monoisotopic (exact) mass is 135 g/mol. The van der Waals surface area contributed by atoms with Crippen molar-refractivity contribution in [2.45, 2.75) is 19.9 Å². The number of rotatable bonds is 2. The predicted molar refractivity (Wildman–Crippen MR) is 35.7 cm³/mol. The third-order valence-electron chi connectivity index (χ3n) is 0.450. The molecule has 3 nitrogen and oxygen atoms in total. The van der Waals surface area contributed by atoms with Crippen LogP contribution in [0.2, 0.25) is 0 Å². The van der Waals surface area contributed by atoms with Gasteiger partial charge >= 0.3 is 0 Å². The van der Waals surface area contributed by atoms with Gasteiger partial charge in [0.15, 0.2) is 9.87 Å². The molecule has 0 heterocycles. The van der Waals surface area contributed by atoms with Gasteiger partial charge in [0.2, 0.25) is 0 Å². The molecule has 0 aliphatic heterocycles. The van der Waals surface area contributed by atoms with Crippen LogP contribution in [-0.2, 0) is 9.87 Å². The summed E-state index contributed by atoms with van der Waals surface area (Å²) in [4.78, 5) is 0. The van der Waals surface area contributed by atoms with Gasteiger partial charge in [0.25, 0.3) is 7.12 Å². The highest BCUT2D eigenvalue weighted by Crippen LogP contribution is 1.78. The SMILES string of the molecule is BS(=O)(=O)NC(C)C. The molecule has 0 saturated carbocycles. The van der Waals surface area contributed by atoms with Gasteiger partial charge in [-0.2, -0.15) is 0 Å². The van der Waals surface area contributed by atoms with Crippen LogP contribution in [-0.4, -0.2) is 21.6 Å². The van der Waals surface area contributed by atoms with Crippen molar-refractivity contribution in [3.05, 3.63) is 0 Å². The largest absolute Gasteiger partial charge is 0.275 e. The van der Waals surface area contributed by atoms with Crippen molar-refractivity contribution < 1.29 is 8.42 Å². The fourth-order valence-corrected chi connectivity index (χ4v) is 1.28. The molecular formula is C3H10BNO2S. The van der Waals surface area contributed by atoms with Gasteiger partial charge in [0.05, 0.1) is 0 Å². The standard InChI is InChI=1S/C3H10BNO2S/c1-3(2)5-8(4,6)7/h3,5H,4H2,1-2H3. The normalized spacial score (nSPS) is 12.4. The summed E-state index contributed by atoms with van der Waals surface area (Å²) >= 11 is 0. The lowest BCUT2D eigenvalue weighted by Crippen LogP contribution is -2.29. The minimum Gasteiger partial charge on any atom is -0.226 e. The Morgan fingerprint density at radius 3 is 1.88 bits per heavy atom. The first kappa shape index (κ1) is 7.97. The van der Waals surface area contributed by atoms with Crippen LogP contribution >= 0.6 is 0 Å². The van der Waals surface area contributed by atoms with E-state index in [2.05, 4.69) is 4.72 Å². The van der Waals surface area contributed by atoms with Gasteiger partial charge in [0, 0.05) is 6.04 Å². The molecule has 0 spiro atoms. The van der Waals surface area contributed by atoms with Crippen LogP contribution < -0.4 is 4.72 Å². The third kappa shape index (κ3) is 5.97. The lowest BCUT2D eigenvalue weighted by atomic mass is 10.4. The van der Waals surface area contributed by atoms with Gasteiger partial charge in [-0.05, 0) is 13.8 Å². The zero-order valence-electron chi connectivity index (χ0n) is 5.30. The van der Waals surface area contributed by atoms with Crippen molar-refractivity contribution in [3.63, 3.8) is 0 Å². The maximum Gasteiger partial charge on any atom is 0.275 e. The quantitative estimate of drug-likeness (QED) is 0.486. The van der Waals surface area contributed by atoms with Crippen molar-refractivity contribution >= 4 is 17.0 Å². The molecule has 0 unspecified atom stereocenters. The summed E-state index contributed by atoms with van der Waals surface area (Å²) in [7, 11) is -1.83. The molecule has 0 aromatic rings. The van der Waals surface area contributed by atoms with Crippen LogP contribution in [0.25, 0.3) is 0 Å². The number of hydrogen-bond acceptors (Lipinski definition) is 2. The smallest absolute Gasteiger partial charge is 0.226 e. The topological polar surface area (TPSA) is 46.2 Å². The molecular weight excluding hydrogens is 125 g/mol. The summed E-state index contributed by atoms with van der Waals surface area (Å²) in [6.07, 6.45) is 0. The van der Waals surface area contributed by atoms with Crippen LogP contribution in [0, 0.1) is 0 Å². The van der Waals surface area contributed by atoms with Crippen LogP contribution in [0.5, 0.6) is 0 Å². The summed E-state index contributed by atoms with van der Waals surface area (Å²) in [5, 5.41) is 0. The van der Waals surface area contributed by atoms with E-state index in [4.69, 9.17) is 0 Å². The molecule has 0 fully saturated rings. The van der Waals surface area contributed by atoms with E-state index >= 15 is 0 Å². The average Bonchev–Trinajstić information content (AvgIpc) is 1.21. The summed E-state index contributed by atoms with van der Waals surface area (Å²) in [5.74, 6) is 0. The Morgan fingerprint density at radius 1 is 1.50 bits per heavy atom. The summed E-state index contributed by atoms with van der Waals surface area (Å²) in [6, 6.07) is 0.00463. The first-order chi connectivity index (χ1) is 3.42. The lowest BCUT2D eigenvalue weighted by molar-refractivity contribution is 0.584. The average molecular weight is 135 g/mol. The van der Waals surface area contributed by atoms with Gasteiger partial charge < -0.3 is 0 Å². The van der Waals surface area contributed by atoms with Crippen molar-refractivity contribution in [1.82, 2.24) is 4.72 Å². The molecule has 48 valence electrons. The van der Waals surface area contributed by atoms with Gasteiger partial charge in [0.1, 0.15) is 0 Å².